The van der Waals surface area contributed by atoms with Gasteiger partial charge >= 0.3 is 0 Å². The van der Waals surface area contributed by atoms with E-state index in [1.807, 2.05) is 6.92 Å². The van der Waals surface area contributed by atoms with Gasteiger partial charge in [-0.05, 0) is 61.5 Å². The minimum Gasteiger partial charge on any atom is -0.368 e. The van der Waals surface area contributed by atoms with Gasteiger partial charge in [0.05, 0.1) is 31.8 Å². The Hall–Kier alpha value is -3.52. The summed E-state index contributed by atoms with van der Waals surface area (Å²) in [7, 11) is -1.53. The van der Waals surface area contributed by atoms with Crippen molar-refractivity contribution >= 4 is 34.0 Å². The zero-order chi connectivity index (χ0) is 23.8. The smallest absolute Gasteiger partial charge is 0.259 e. The molecule has 0 unspecified atom stereocenters. The van der Waals surface area contributed by atoms with Crippen molar-refractivity contribution in [3.8, 4) is 0 Å². The number of nitrogens with zero attached hydrogens (tertiary/aromatic N) is 3. The molecule has 0 spiro atoms. The van der Waals surface area contributed by atoms with E-state index < -0.39 is 10.8 Å². The average Bonchev–Trinajstić information content (AvgIpc) is 2.97. The third-order valence-electron chi connectivity index (χ3n) is 6.33. The first-order chi connectivity index (χ1) is 16.5. The molecule has 6 nitrogen and oxygen atoms in total. The summed E-state index contributed by atoms with van der Waals surface area (Å²) < 4.78 is 26.5. The Kier molecular flexibility index (Phi) is 5.91. The Labute approximate surface area is 200 Å². The van der Waals surface area contributed by atoms with Gasteiger partial charge in [-0.15, -0.1) is 0 Å². The number of anilines is 2. The normalized spacial score (nSPS) is 17.8. The summed E-state index contributed by atoms with van der Waals surface area (Å²) in [6.45, 7) is 4.59. The lowest BCUT2D eigenvalue weighted by molar-refractivity contribution is 0.0746. The van der Waals surface area contributed by atoms with E-state index in [1.54, 1.807) is 64.4 Å². The van der Waals surface area contributed by atoms with E-state index in [9.17, 15) is 18.2 Å². The van der Waals surface area contributed by atoms with Crippen LogP contribution in [-0.4, -0.2) is 53.6 Å². The van der Waals surface area contributed by atoms with Crippen molar-refractivity contribution in [1.82, 2.24) is 4.90 Å². The Balaban J connectivity index is 1.40. The fourth-order valence-corrected chi connectivity index (χ4v) is 5.86. The van der Waals surface area contributed by atoms with Gasteiger partial charge in [-0.25, -0.2) is 8.60 Å². The molecule has 3 aromatic carbocycles. The number of halogens is 1. The SMILES string of the molecule is CCN1C(=O)c2ccccc2[S@@](=O)c2ccc(C(=O)N3CCN(c4ccc(F)cc4)CC3)cc21. The molecule has 2 aliphatic heterocycles. The lowest BCUT2D eigenvalue weighted by atomic mass is 10.1. The number of hydrogen-bond donors (Lipinski definition) is 0. The molecule has 1 fully saturated rings. The molecule has 0 radical (unpaired) electrons. The van der Waals surface area contributed by atoms with Crippen molar-refractivity contribution in [1.29, 1.82) is 0 Å². The summed E-state index contributed by atoms with van der Waals surface area (Å²) in [6.07, 6.45) is 0. The maximum Gasteiger partial charge on any atom is 0.259 e. The fourth-order valence-electron chi connectivity index (χ4n) is 4.51. The zero-order valence-corrected chi connectivity index (χ0v) is 19.6. The number of fused-ring (bicyclic) bond motifs is 2. The van der Waals surface area contributed by atoms with Crippen LogP contribution in [0.1, 0.15) is 27.6 Å². The molecule has 2 amide bonds. The van der Waals surface area contributed by atoms with Gasteiger partial charge in [0, 0.05) is 44.0 Å². The summed E-state index contributed by atoms with van der Waals surface area (Å²) in [4.78, 5) is 33.0. The summed E-state index contributed by atoms with van der Waals surface area (Å²) in [5.41, 5.74) is 2.32. The predicted molar refractivity (Wildman–Crippen MR) is 129 cm³/mol. The van der Waals surface area contributed by atoms with Gasteiger partial charge in [0.1, 0.15) is 5.82 Å². The van der Waals surface area contributed by atoms with Gasteiger partial charge in [0.25, 0.3) is 11.8 Å². The molecule has 0 aliphatic carbocycles. The molecule has 0 saturated carbocycles. The van der Waals surface area contributed by atoms with Crippen molar-refractivity contribution in [2.24, 2.45) is 0 Å². The maximum absolute atomic E-state index is 13.3. The number of carbonyl (C=O) groups is 2. The second kappa shape index (κ2) is 9.02. The van der Waals surface area contributed by atoms with Crippen molar-refractivity contribution in [3.05, 3.63) is 83.7 Å². The fraction of sp³-hybridized carbons (Fsp3) is 0.231. The number of rotatable bonds is 3. The average molecular weight is 478 g/mol. The van der Waals surface area contributed by atoms with Crippen molar-refractivity contribution < 1.29 is 18.2 Å². The second-order valence-corrected chi connectivity index (χ2v) is 9.67. The number of carbonyl (C=O) groups excluding carboxylic acids is 2. The van der Waals surface area contributed by atoms with E-state index in [0.717, 1.165) is 5.69 Å². The van der Waals surface area contributed by atoms with Crippen molar-refractivity contribution in [2.75, 3.05) is 42.5 Å². The molecule has 0 bridgehead atoms. The van der Waals surface area contributed by atoms with E-state index in [1.165, 1.54) is 12.1 Å². The van der Waals surface area contributed by atoms with Crippen LogP contribution < -0.4 is 9.80 Å². The quantitative estimate of drug-likeness (QED) is 0.574. The van der Waals surface area contributed by atoms with Crippen LogP contribution in [0.3, 0.4) is 0 Å². The van der Waals surface area contributed by atoms with E-state index in [2.05, 4.69) is 4.90 Å². The number of benzene rings is 3. The second-order valence-electron chi connectivity index (χ2n) is 8.25. The summed E-state index contributed by atoms with van der Waals surface area (Å²) in [5.74, 6) is -0.621. The van der Waals surface area contributed by atoms with Gasteiger partial charge in [0.2, 0.25) is 0 Å². The minimum absolute atomic E-state index is 0.127. The van der Waals surface area contributed by atoms with Crippen LogP contribution in [0.2, 0.25) is 0 Å². The van der Waals surface area contributed by atoms with Gasteiger partial charge in [0.15, 0.2) is 0 Å². The first-order valence-corrected chi connectivity index (χ1v) is 12.4. The van der Waals surface area contributed by atoms with Crippen LogP contribution >= 0.6 is 0 Å². The van der Waals surface area contributed by atoms with Gasteiger partial charge in [-0.2, -0.15) is 0 Å². The standard InChI is InChI=1S/C26H24FN3O3S/c1-2-30-22-17-18(7-12-24(22)34(33)23-6-4-3-5-21(23)26(30)32)25(31)29-15-13-28(14-16-29)20-10-8-19(27)9-11-20/h3-12,17H,2,13-16H2,1H3/t34-/m1/s1. The first-order valence-electron chi connectivity index (χ1n) is 11.2. The molecule has 1 atom stereocenters. The molecule has 0 aromatic heterocycles. The molecule has 5 rings (SSSR count). The Morgan fingerprint density at radius 3 is 2.35 bits per heavy atom. The Morgan fingerprint density at radius 2 is 1.65 bits per heavy atom. The molecule has 0 N–H and O–H groups in total. The van der Waals surface area contributed by atoms with E-state index >= 15 is 0 Å². The van der Waals surface area contributed by atoms with Crippen LogP contribution in [0.4, 0.5) is 15.8 Å². The monoisotopic (exact) mass is 477 g/mol. The van der Waals surface area contributed by atoms with Crippen molar-refractivity contribution in [3.63, 3.8) is 0 Å². The van der Waals surface area contributed by atoms with Gasteiger partial charge in [-0.1, -0.05) is 12.1 Å². The Bertz CT molecular complexity index is 1290. The van der Waals surface area contributed by atoms with Crippen LogP contribution in [0.25, 0.3) is 0 Å². The lowest BCUT2D eigenvalue weighted by Gasteiger charge is -2.36. The van der Waals surface area contributed by atoms with E-state index in [-0.39, 0.29) is 17.6 Å². The van der Waals surface area contributed by atoms with Gasteiger partial charge in [-0.3, -0.25) is 9.59 Å². The first kappa shape index (κ1) is 22.3. The molecule has 3 aromatic rings. The summed E-state index contributed by atoms with van der Waals surface area (Å²) in [6, 6.07) is 18.4. The summed E-state index contributed by atoms with van der Waals surface area (Å²) >= 11 is 0. The minimum atomic E-state index is -1.53. The van der Waals surface area contributed by atoms with E-state index in [4.69, 9.17) is 0 Å². The lowest BCUT2D eigenvalue weighted by Crippen LogP contribution is -2.48. The van der Waals surface area contributed by atoms with E-state index in [0.29, 0.717) is 59.3 Å². The van der Waals surface area contributed by atoms with Crippen LogP contribution in [-0.2, 0) is 10.8 Å². The largest absolute Gasteiger partial charge is 0.368 e. The molecule has 1 saturated heterocycles. The predicted octanol–water partition coefficient (Wildman–Crippen LogP) is 3.93. The van der Waals surface area contributed by atoms with Crippen LogP contribution in [0.5, 0.6) is 0 Å². The molecule has 2 aliphatic rings. The zero-order valence-electron chi connectivity index (χ0n) is 18.7. The molecule has 2 heterocycles. The molecule has 174 valence electrons. The molecular weight excluding hydrogens is 453 g/mol. The highest BCUT2D eigenvalue weighted by Crippen LogP contribution is 2.35. The number of hydrogen-bond acceptors (Lipinski definition) is 4. The number of piperazine rings is 1. The highest BCUT2D eigenvalue weighted by Gasteiger charge is 2.31. The molecular formula is C26H24FN3O3S. The highest BCUT2D eigenvalue weighted by molar-refractivity contribution is 7.85. The van der Waals surface area contributed by atoms with Crippen molar-refractivity contribution in [2.45, 2.75) is 16.7 Å². The molecule has 8 heteroatoms. The van der Waals surface area contributed by atoms with Gasteiger partial charge < -0.3 is 14.7 Å². The number of amides is 2. The highest BCUT2D eigenvalue weighted by atomic mass is 32.2. The maximum atomic E-state index is 13.3. The third kappa shape index (κ3) is 3.88. The summed E-state index contributed by atoms with van der Waals surface area (Å²) in [5, 5.41) is 0. The Morgan fingerprint density at radius 1 is 0.941 bits per heavy atom. The molecule has 34 heavy (non-hydrogen) atoms. The topological polar surface area (TPSA) is 60.9 Å². The third-order valence-corrected chi connectivity index (χ3v) is 7.83. The van der Waals surface area contributed by atoms with Crippen LogP contribution in [0, 0.1) is 5.82 Å². The van der Waals surface area contributed by atoms with Crippen LogP contribution in [0.15, 0.2) is 76.5 Å².